The van der Waals surface area contributed by atoms with Gasteiger partial charge < -0.3 is 13.9 Å². The molecule has 13 rings (SSSR count). The number of aromatic nitrogens is 1. The predicted molar refractivity (Wildman–Crippen MR) is 290 cm³/mol. The Morgan fingerprint density at radius 3 is 1.49 bits per heavy atom. The fourth-order valence-corrected chi connectivity index (χ4v) is 10.3. The minimum absolute atomic E-state index is 0.889. The summed E-state index contributed by atoms with van der Waals surface area (Å²) < 4.78 is 9.07. The van der Waals surface area contributed by atoms with Gasteiger partial charge in [0.05, 0.1) is 11.0 Å². The zero-order valence-corrected chi connectivity index (χ0v) is 37.7. The molecule has 0 N–H and O–H groups in total. The van der Waals surface area contributed by atoms with Gasteiger partial charge in [0.15, 0.2) is 0 Å². The molecule has 0 fully saturated rings. The van der Waals surface area contributed by atoms with Crippen molar-refractivity contribution in [3.8, 4) is 61.3 Å². The van der Waals surface area contributed by atoms with Crippen LogP contribution in [0.5, 0.6) is 0 Å². The first-order valence-electron chi connectivity index (χ1n) is 23.6. The maximum atomic E-state index is 6.68. The van der Waals surface area contributed by atoms with Crippen LogP contribution in [0.3, 0.4) is 0 Å². The van der Waals surface area contributed by atoms with Gasteiger partial charge in [-0.1, -0.05) is 176 Å². The van der Waals surface area contributed by atoms with E-state index in [-0.39, 0.29) is 0 Å². The van der Waals surface area contributed by atoms with E-state index < -0.39 is 0 Å². The molecule has 0 saturated heterocycles. The highest BCUT2D eigenvalue weighted by atomic mass is 16.3. The number of furan rings is 1. The summed E-state index contributed by atoms with van der Waals surface area (Å²) in [5.74, 6) is 0. The summed E-state index contributed by atoms with van der Waals surface area (Å²) in [5.41, 5.74) is 19.9. The number of para-hydroxylation sites is 5. The van der Waals surface area contributed by atoms with Gasteiger partial charge in [-0.15, -0.1) is 0 Å². The SMILES string of the molecule is c1ccc(-c2cccc(N(c3ccccc3)c3cccc(-c4cccc(-c5cc(-c6ccc7c8ccccc8n(-c8ccccc8)c7c6)cc(-c6cccc7c6oc6ccccc67)c5)c4)c3)c2)cc1. The van der Waals surface area contributed by atoms with E-state index in [0.717, 1.165) is 89.2 Å². The van der Waals surface area contributed by atoms with Crippen LogP contribution in [0.25, 0.3) is 105 Å². The molecule has 0 spiro atoms. The van der Waals surface area contributed by atoms with Crippen molar-refractivity contribution in [3.63, 3.8) is 0 Å². The lowest BCUT2D eigenvalue weighted by Crippen LogP contribution is -2.10. The lowest BCUT2D eigenvalue weighted by atomic mass is 9.91. The molecule has 3 heteroatoms. The van der Waals surface area contributed by atoms with Crippen molar-refractivity contribution >= 4 is 60.8 Å². The number of anilines is 3. The third-order valence-corrected chi connectivity index (χ3v) is 13.5. The third kappa shape index (κ3) is 7.25. The van der Waals surface area contributed by atoms with E-state index in [1.807, 2.05) is 6.07 Å². The topological polar surface area (TPSA) is 21.3 Å². The van der Waals surface area contributed by atoms with Gasteiger partial charge in [-0.2, -0.15) is 0 Å². The van der Waals surface area contributed by atoms with E-state index >= 15 is 0 Å². The number of rotatable bonds is 9. The molecule has 2 aromatic heterocycles. The quantitative estimate of drug-likeness (QED) is 0.144. The Labute approximate surface area is 401 Å². The van der Waals surface area contributed by atoms with Gasteiger partial charge >= 0.3 is 0 Å². The summed E-state index contributed by atoms with van der Waals surface area (Å²) in [6.45, 7) is 0. The average Bonchev–Trinajstić information content (AvgIpc) is 3.98. The Bertz CT molecular complexity index is 4020. The molecule has 0 aliphatic heterocycles. The minimum atomic E-state index is 0.889. The first-order valence-corrected chi connectivity index (χ1v) is 23.6. The smallest absolute Gasteiger partial charge is 0.143 e. The fourth-order valence-electron chi connectivity index (χ4n) is 10.3. The Balaban J connectivity index is 0.961. The molecule has 0 saturated carbocycles. The number of fused-ring (bicyclic) bond motifs is 6. The summed E-state index contributed by atoms with van der Waals surface area (Å²) in [6, 6.07) is 96.2. The van der Waals surface area contributed by atoms with E-state index in [1.54, 1.807) is 0 Å². The lowest BCUT2D eigenvalue weighted by molar-refractivity contribution is 0.670. The lowest BCUT2D eigenvalue weighted by Gasteiger charge is -2.26. The molecule has 0 aliphatic rings. The van der Waals surface area contributed by atoms with Gasteiger partial charge in [0.2, 0.25) is 0 Å². The zero-order valence-electron chi connectivity index (χ0n) is 37.7. The van der Waals surface area contributed by atoms with Gasteiger partial charge in [0, 0.05) is 49.9 Å². The van der Waals surface area contributed by atoms with Crippen LogP contribution in [0.1, 0.15) is 0 Å². The van der Waals surface area contributed by atoms with Crippen LogP contribution in [0.4, 0.5) is 17.1 Å². The Morgan fingerprint density at radius 1 is 0.275 bits per heavy atom. The summed E-state index contributed by atoms with van der Waals surface area (Å²) in [7, 11) is 0. The predicted octanol–water partition coefficient (Wildman–Crippen LogP) is 18.5. The van der Waals surface area contributed by atoms with Crippen LogP contribution in [-0.4, -0.2) is 4.57 Å². The maximum absolute atomic E-state index is 6.68. The Kier molecular flexibility index (Phi) is 9.84. The van der Waals surface area contributed by atoms with Crippen LogP contribution in [0.2, 0.25) is 0 Å². The molecular weight excluding hydrogens is 837 g/mol. The van der Waals surface area contributed by atoms with Gasteiger partial charge in [-0.25, -0.2) is 0 Å². The number of hydrogen-bond donors (Lipinski definition) is 0. The van der Waals surface area contributed by atoms with E-state index in [2.05, 4.69) is 270 Å². The highest BCUT2D eigenvalue weighted by Gasteiger charge is 2.19. The number of nitrogens with zero attached hydrogens (tertiary/aromatic N) is 2. The second-order valence-corrected chi connectivity index (χ2v) is 17.7. The zero-order chi connectivity index (χ0) is 45.7. The largest absolute Gasteiger partial charge is 0.455 e. The molecule has 2 heterocycles. The van der Waals surface area contributed by atoms with E-state index in [0.29, 0.717) is 0 Å². The van der Waals surface area contributed by atoms with Crippen molar-refractivity contribution in [3.05, 3.63) is 267 Å². The first kappa shape index (κ1) is 40.1. The molecule has 0 radical (unpaired) electrons. The maximum Gasteiger partial charge on any atom is 0.143 e. The Morgan fingerprint density at radius 2 is 0.754 bits per heavy atom. The van der Waals surface area contributed by atoms with Crippen molar-refractivity contribution in [1.82, 2.24) is 4.57 Å². The highest BCUT2D eigenvalue weighted by Crippen LogP contribution is 2.43. The van der Waals surface area contributed by atoms with Crippen molar-refractivity contribution in [2.75, 3.05) is 4.90 Å². The molecule has 3 nitrogen and oxygen atoms in total. The standard InChI is InChI=1S/C66H44N2O/c1-4-18-45(19-5-1)48-22-15-28-56(42-48)67(54-24-6-2-7-25-54)57-29-16-23-49(43-57)46-20-14-21-47(38-46)51-39-52(41-53(40-51)58-32-17-33-62-61-31-11-13-35-65(61)69-66(58)62)50-36-37-60-59-30-10-12-34-63(59)68(64(60)44-50)55-26-8-3-9-27-55/h1-44H. The van der Waals surface area contributed by atoms with Crippen molar-refractivity contribution < 1.29 is 4.42 Å². The number of benzene rings is 11. The third-order valence-electron chi connectivity index (χ3n) is 13.5. The van der Waals surface area contributed by atoms with Crippen LogP contribution in [-0.2, 0) is 0 Å². The van der Waals surface area contributed by atoms with Gasteiger partial charge in [-0.05, 0) is 141 Å². The van der Waals surface area contributed by atoms with Crippen molar-refractivity contribution in [2.45, 2.75) is 0 Å². The summed E-state index contributed by atoms with van der Waals surface area (Å²) in [6.07, 6.45) is 0. The van der Waals surface area contributed by atoms with Crippen molar-refractivity contribution in [2.24, 2.45) is 0 Å². The molecule has 0 aliphatic carbocycles. The summed E-state index contributed by atoms with van der Waals surface area (Å²) in [4.78, 5) is 2.35. The van der Waals surface area contributed by atoms with Gasteiger partial charge in [0.25, 0.3) is 0 Å². The van der Waals surface area contributed by atoms with Crippen LogP contribution in [0, 0.1) is 0 Å². The van der Waals surface area contributed by atoms with Crippen LogP contribution < -0.4 is 4.90 Å². The summed E-state index contributed by atoms with van der Waals surface area (Å²) in [5, 5.41) is 4.70. The molecular formula is C66H44N2O. The minimum Gasteiger partial charge on any atom is -0.455 e. The highest BCUT2D eigenvalue weighted by molar-refractivity contribution is 6.11. The molecule has 0 unspecified atom stereocenters. The molecule has 0 atom stereocenters. The molecule has 0 amide bonds. The van der Waals surface area contributed by atoms with Crippen molar-refractivity contribution in [1.29, 1.82) is 0 Å². The average molecular weight is 881 g/mol. The van der Waals surface area contributed by atoms with Gasteiger partial charge in [-0.3, -0.25) is 0 Å². The molecule has 13 aromatic rings. The van der Waals surface area contributed by atoms with E-state index in [4.69, 9.17) is 4.42 Å². The van der Waals surface area contributed by atoms with Crippen LogP contribution >= 0.6 is 0 Å². The monoisotopic (exact) mass is 880 g/mol. The summed E-state index contributed by atoms with van der Waals surface area (Å²) >= 11 is 0. The van der Waals surface area contributed by atoms with E-state index in [1.165, 1.54) is 32.9 Å². The fraction of sp³-hybridized carbons (Fsp3) is 0. The Hall–Kier alpha value is -9.18. The molecule has 69 heavy (non-hydrogen) atoms. The van der Waals surface area contributed by atoms with E-state index in [9.17, 15) is 0 Å². The second-order valence-electron chi connectivity index (χ2n) is 17.7. The second kappa shape index (κ2) is 16.9. The first-order chi connectivity index (χ1) is 34.2. The molecule has 324 valence electrons. The molecule has 11 aromatic carbocycles. The molecule has 0 bridgehead atoms. The normalized spacial score (nSPS) is 11.5. The number of hydrogen-bond acceptors (Lipinski definition) is 2. The van der Waals surface area contributed by atoms with Crippen LogP contribution in [0.15, 0.2) is 271 Å². The van der Waals surface area contributed by atoms with Gasteiger partial charge in [0.1, 0.15) is 11.2 Å².